The van der Waals surface area contributed by atoms with E-state index in [9.17, 15) is 4.79 Å². The van der Waals surface area contributed by atoms with E-state index in [0.717, 1.165) is 59.5 Å². The van der Waals surface area contributed by atoms with Gasteiger partial charge in [0.15, 0.2) is 17.6 Å². The van der Waals surface area contributed by atoms with Crippen LogP contribution in [0.15, 0.2) is 47.8 Å². The molecule has 41 heavy (non-hydrogen) atoms. The third-order valence-electron chi connectivity index (χ3n) is 7.67. The van der Waals surface area contributed by atoms with E-state index in [4.69, 9.17) is 23.8 Å². The summed E-state index contributed by atoms with van der Waals surface area (Å²) in [6, 6.07) is 9.61. The lowest BCUT2D eigenvalue weighted by Gasteiger charge is -2.31. The molecular formula is C31H36N4O6. The van der Waals surface area contributed by atoms with Crippen LogP contribution in [0.25, 0.3) is 16.5 Å². The molecule has 2 unspecified atom stereocenters. The highest BCUT2D eigenvalue weighted by molar-refractivity contribution is 6.06. The second-order valence-corrected chi connectivity index (χ2v) is 11.6. The minimum Gasteiger partial charge on any atom is -0.493 e. The molecule has 3 aromatic rings. The molecule has 4 heterocycles. The van der Waals surface area contributed by atoms with Crippen molar-refractivity contribution in [2.75, 3.05) is 45.8 Å². The fourth-order valence-corrected chi connectivity index (χ4v) is 5.66. The molecule has 0 saturated carbocycles. The zero-order valence-electron chi connectivity index (χ0n) is 24.1. The quantitative estimate of drug-likeness (QED) is 0.414. The third kappa shape index (κ3) is 5.44. The van der Waals surface area contributed by atoms with Crippen molar-refractivity contribution in [2.45, 2.75) is 38.9 Å². The van der Waals surface area contributed by atoms with E-state index < -0.39 is 11.7 Å². The van der Waals surface area contributed by atoms with Crippen LogP contribution in [0.1, 0.15) is 38.3 Å². The fourth-order valence-electron chi connectivity index (χ4n) is 5.66. The number of nitrogens with one attached hydrogen (secondary N) is 2. The number of fused-ring (bicyclic) bond motifs is 4. The van der Waals surface area contributed by atoms with E-state index in [0.29, 0.717) is 23.8 Å². The van der Waals surface area contributed by atoms with Crippen LogP contribution in [-0.4, -0.2) is 73.9 Å². The minimum atomic E-state index is -0.556. The summed E-state index contributed by atoms with van der Waals surface area (Å²) < 4.78 is 22.4. The van der Waals surface area contributed by atoms with Gasteiger partial charge in [-0.2, -0.15) is 0 Å². The standard InChI is InChI=1S/C31H36N4O6/c1-31(2,3)40-30(36)33-19-6-7-24-20(12-19)22(15-32-24)18-8-10-35(11-9-18)16-28-23-17-39-25-14-27(38-5)26(37-4)13-21(25)29(23)34-41-28/h6-8,12-15,23,28,32H,9-11,16-17H2,1-5H3,(H,33,36). The highest BCUT2D eigenvalue weighted by Crippen LogP contribution is 2.41. The first kappa shape index (κ1) is 27.0. The zero-order chi connectivity index (χ0) is 28.7. The molecule has 1 amide bonds. The SMILES string of the molecule is COc1cc2c(cc1OC)C1=NOC(CN3CC=C(c4c[nH]c5ccc(NC(=O)OC(C)(C)C)cc45)CC3)C1CO2. The Bertz CT molecular complexity index is 1540. The van der Waals surface area contributed by atoms with Crippen LogP contribution >= 0.6 is 0 Å². The molecule has 0 fully saturated rings. The molecule has 2 atom stereocenters. The Morgan fingerprint density at radius 2 is 1.95 bits per heavy atom. The van der Waals surface area contributed by atoms with E-state index in [-0.39, 0.29) is 12.0 Å². The molecule has 3 aliphatic rings. The summed E-state index contributed by atoms with van der Waals surface area (Å²) in [5.74, 6) is 2.05. The first-order valence-corrected chi connectivity index (χ1v) is 13.9. The largest absolute Gasteiger partial charge is 0.493 e. The summed E-state index contributed by atoms with van der Waals surface area (Å²) in [5, 5.41) is 8.39. The van der Waals surface area contributed by atoms with Crippen molar-refractivity contribution in [1.29, 1.82) is 0 Å². The molecule has 216 valence electrons. The van der Waals surface area contributed by atoms with Gasteiger partial charge in [0.05, 0.1) is 20.1 Å². The Morgan fingerprint density at radius 3 is 2.68 bits per heavy atom. The Kier molecular flexibility index (Phi) is 7.03. The Balaban J connectivity index is 1.11. The van der Waals surface area contributed by atoms with Crippen LogP contribution in [0.2, 0.25) is 0 Å². The fraction of sp³-hybridized carbons (Fsp3) is 0.419. The number of nitrogens with zero attached hydrogens (tertiary/aromatic N) is 2. The van der Waals surface area contributed by atoms with Crippen LogP contribution in [0.3, 0.4) is 0 Å². The number of aromatic nitrogens is 1. The van der Waals surface area contributed by atoms with E-state index >= 15 is 0 Å². The molecule has 3 aliphatic heterocycles. The highest BCUT2D eigenvalue weighted by atomic mass is 16.6. The maximum absolute atomic E-state index is 12.3. The smallest absolute Gasteiger partial charge is 0.412 e. The van der Waals surface area contributed by atoms with Crippen molar-refractivity contribution in [3.05, 3.63) is 53.7 Å². The van der Waals surface area contributed by atoms with Gasteiger partial charge in [0.1, 0.15) is 23.7 Å². The van der Waals surface area contributed by atoms with E-state index in [1.165, 1.54) is 5.57 Å². The number of H-pyrrole nitrogens is 1. The molecular weight excluding hydrogens is 524 g/mol. The summed E-state index contributed by atoms with van der Waals surface area (Å²) in [6.45, 7) is 8.52. The number of hydrogen-bond acceptors (Lipinski definition) is 8. The Morgan fingerprint density at radius 1 is 1.15 bits per heavy atom. The van der Waals surface area contributed by atoms with Crippen LogP contribution in [0.5, 0.6) is 17.2 Å². The zero-order valence-corrected chi connectivity index (χ0v) is 24.1. The van der Waals surface area contributed by atoms with Gasteiger partial charge in [-0.25, -0.2) is 4.79 Å². The topological polar surface area (TPSA) is 107 Å². The number of rotatable bonds is 6. The summed E-state index contributed by atoms with van der Waals surface area (Å²) in [7, 11) is 3.23. The molecule has 6 rings (SSSR count). The van der Waals surface area contributed by atoms with Crippen molar-refractivity contribution in [2.24, 2.45) is 11.1 Å². The number of anilines is 1. The lowest BCUT2D eigenvalue weighted by molar-refractivity contribution is 0.0236. The van der Waals surface area contributed by atoms with Gasteiger partial charge in [-0.3, -0.25) is 10.2 Å². The number of methoxy groups -OCH3 is 2. The first-order valence-electron chi connectivity index (χ1n) is 13.9. The second-order valence-electron chi connectivity index (χ2n) is 11.6. The number of amides is 1. The van der Waals surface area contributed by atoms with Gasteiger partial charge in [-0.15, -0.1) is 0 Å². The van der Waals surface area contributed by atoms with E-state index in [1.807, 2.05) is 57.3 Å². The van der Waals surface area contributed by atoms with Gasteiger partial charge in [-0.1, -0.05) is 11.2 Å². The lowest BCUT2D eigenvalue weighted by Crippen LogP contribution is -2.42. The monoisotopic (exact) mass is 560 g/mol. The van der Waals surface area contributed by atoms with Crippen LogP contribution in [0.4, 0.5) is 10.5 Å². The molecule has 0 aliphatic carbocycles. The number of carbonyl (C=O) groups excluding carboxylic acids is 1. The van der Waals surface area contributed by atoms with Gasteiger partial charge in [0, 0.05) is 59.6 Å². The van der Waals surface area contributed by atoms with Crippen LogP contribution in [0, 0.1) is 5.92 Å². The predicted molar refractivity (Wildman–Crippen MR) is 157 cm³/mol. The molecule has 0 spiro atoms. The first-order chi connectivity index (χ1) is 19.7. The van der Waals surface area contributed by atoms with Gasteiger partial charge in [0.2, 0.25) is 0 Å². The lowest BCUT2D eigenvalue weighted by atomic mass is 9.89. The van der Waals surface area contributed by atoms with E-state index in [2.05, 4.69) is 26.4 Å². The van der Waals surface area contributed by atoms with Gasteiger partial charge in [-0.05, 0) is 57.0 Å². The molecule has 0 radical (unpaired) electrons. The summed E-state index contributed by atoms with van der Waals surface area (Å²) >= 11 is 0. The maximum Gasteiger partial charge on any atom is 0.412 e. The van der Waals surface area contributed by atoms with E-state index in [1.54, 1.807) is 14.2 Å². The molecule has 0 saturated heterocycles. The summed E-state index contributed by atoms with van der Waals surface area (Å²) in [5.41, 5.74) is 5.39. The summed E-state index contributed by atoms with van der Waals surface area (Å²) in [6.07, 6.45) is 4.67. The Labute approximate surface area is 239 Å². The number of oxime groups is 1. The molecule has 0 bridgehead atoms. The van der Waals surface area contributed by atoms with Crippen molar-refractivity contribution in [1.82, 2.24) is 9.88 Å². The van der Waals surface area contributed by atoms with Crippen molar-refractivity contribution in [3.63, 3.8) is 0 Å². The number of carbonyl (C=O) groups is 1. The third-order valence-corrected chi connectivity index (χ3v) is 7.67. The number of benzene rings is 2. The molecule has 10 nitrogen and oxygen atoms in total. The average Bonchev–Trinajstić information content (AvgIpc) is 3.55. The number of aromatic amines is 1. The molecule has 2 aromatic carbocycles. The predicted octanol–water partition coefficient (Wildman–Crippen LogP) is 5.43. The van der Waals surface area contributed by atoms with Gasteiger partial charge < -0.3 is 28.8 Å². The highest BCUT2D eigenvalue weighted by Gasteiger charge is 2.41. The van der Waals surface area contributed by atoms with Crippen molar-refractivity contribution >= 4 is 34.0 Å². The average molecular weight is 561 g/mol. The molecule has 1 aromatic heterocycles. The molecule has 2 N–H and O–H groups in total. The molecule has 10 heteroatoms. The normalized spacial score (nSPS) is 20.2. The van der Waals surface area contributed by atoms with Gasteiger partial charge >= 0.3 is 6.09 Å². The van der Waals surface area contributed by atoms with Crippen LogP contribution < -0.4 is 19.5 Å². The van der Waals surface area contributed by atoms with Crippen LogP contribution in [-0.2, 0) is 9.57 Å². The maximum atomic E-state index is 12.3. The van der Waals surface area contributed by atoms with Crippen molar-refractivity contribution in [3.8, 4) is 17.2 Å². The number of ether oxygens (including phenoxy) is 4. The minimum absolute atomic E-state index is 0.0514. The number of hydrogen-bond donors (Lipinski definition) is 2. The second kappa shape index (κ2) is 10.7. The Hall–Kier alpha value is -4.18. The summed E-state index contributed by atoms with van der Waals surface area (Å²) in [4.78, 5) is 24.0. The van der Waals surface area contributed by atoms with Crippen molar-refractivity contribution < 1.29 is 28.6 Å². The van der Waals surface area contributed by atoms with Gasteiger partial charge in [0.25, 0.3) is 0 Å².